The van der Waals surface area contributed by atoms with E-state index in [0.717, 1.165) is 0 Å². The number of carbonyl (C=O) groups excluding carboxylic acids is 1. The largest absolute Gasteiger partial charge is 0.347 e. The number of pyridine rings is 1. The molecule has 0 saturated carbocycles. The van der Waals surface area contributed by atoms with Crippen molar-refractivity contribution in [3.05, 3.63) is 30.1 Å². The number of rotatable bonds is 2. The summed E-state index contributed by atoms with van der Waals surface area (Å²) >= 11 is 0. The highest BCUT2D eigenvalue weighted by molar-refractivity contribution is 5.93. The minimum atomic E-state index is -0.532. The van der Waals surface area contributed by atoms with Crippen molar-refractivity contribution < 1.29 is 14.3 Å². The molecule has 2 aliphatic rings. The number of hydrogen-bond donors (Lipinski definition) is 1. The summed E-state index contributed by atoms with van der Waals surface area (Å²) in [6.45, 7) is 2.28. The summed E-state index contributed by atoms with van der Waals surface area (Å²) in [6, 6.07) is 3.56. The molecule has 1 amide bonds. The van der Waals surface area contributed by atoms with Gasteiger partial charge in [-0.1, -0.05) is 0 Å². The van der Waals surface area contributed by atoms with Gasteiger partial charge in [0.25, 0.3) is 5.91 Å². The summed E-state index contributed by atoms with van der Waals surface area (Å²) in [4.78, 5) is 18.1. The van der Waals surface area contributed by atoms with E-state index in [-0.39, 0.29) is 12.0 Å². The first-order valence-electron chi connectivity index (χ1n) is 6.94. The van der Waals surface area contributed by atoms with E-state index in [2.05, 4.69) is 4.98 Å². The van der Waals surface area contributed by atoms with E-state index < -0.39 is 5.79 Å². The third-order valence-electron chi connectivity index (χ3n) is 3.90. The molecule has 0 aliphatic carbocycles. The molecule has 2 fully saturated rings. The topological polar surface area (TPSA) is 77.7 Å². The van der Waals surface area contributed by atoms with Crippen LogP contribution in [0.3, 0.4) is 0 Å². The first-order valence-corrected chi connectivity index (χ1v) is 6.94. The van der Waals surface area contributed by atoms with E-state index in [1.54, 1.807) is 24.5 Å². The van der Waals surface area contributed by atoms with E-state index in [1.807, 2.05) is 4.90 Å². The van der Waals surface area contributed by atoms with Crippen molar-refractivity contribution in [1.82, 2.24) is 9.88 Å². The van der Waals surface area contributed by atoms with Crippen LogP contribution in [0, 0.1) is 0 Å². The number of likely N-dealkylation sites (tertiary alicyclic amines) is 1. The van der Waals surface area contributed by atoms with Crippen LogP contribution in [0.2, 0.25) is 0 Å². The van der Waals surface area contributed by atoms with Gasteiger partial charge in [-0.25, -0.2) is 0 Å². The maximum Gasteiger partial charge on any atom is 0.255 e. The zero-order chi connectivity index (χ0) is 14.0. The first kappa shape index (κ1) is 13.5. The highest BCUT2D eigenvalue weighted by Gasteiger charge is 2.44. The molecule has 1 aromatic heterocycles. The lowest BCUT2D eigenvalue weighted by atomic mass is 10.0. The van der Waals surface area contributed by atoms with Gasteiger partial charge >= 0.3 is 0 Å². The summed E-state index contributed by atoms with van der Waals surface area (Å²) in [5.74, 6) is -0.517. The highest BCUT2D eigenvalue weighted by atomic mass is 16.7. The molecular weight excluding hydrogens is 258 g/mol. The quantitative estimate of drug-likeness (QED) is 0.846. The minimum absolute atomic E-state index is 0.0151. The Morgan fingerprint density at radius 3 is 2.90 bits per heavy atom. The molecule has 6 heteroatoms. The normalized spacial score (nSPS) is 25.1. The zero-order valence-electron chi connectivity index (χ0n) is 11.3. The summed E-state index contributed by atoms with van der Waals surface area (Å²) in [7, 11) is 0. The maximum atomic E-state index is 12.3. The second kappa shape index (κ2) is 5.47. The summed E-state index contributed by atoms with van der Waals surface area (Å²) in [5, 5.41) is 0. The third-order valence-corrected chi connectivity index (χ3v) is 3.90. The molecule has 3 heterocycles. The fraction of sp³-hybridized carbons (Fsp3) is 0.571. The van der Waals surface area contributed by atoms with Crippen LogP contribution in [0.25, 0.3) is 0 Å². The fourth-order valence-electron chi connectivity index (χ4n) is 2.72. The van der Waals surface area contributed by atoms with Gasteiger partial charge in [0.2, 0.25) is 0 Å². The van der Waals surface area contributed by atoms with Crippen LogP contribution in [0.15, 0.2) is 24.5 Å². The molecule has 0 aromatic carbocycles. The van der Waals surface area contributed by atoms with Crippen molar-refractivity contribution in [1.29, 1.82) is 0 Å². The highest BCUT2D eigenvalue weighted by Crippen LogP contribution is 2.34. The average Bonchev–Trinajstić information content (AvgIpc) is 2.91. The molecule has 2 aliphatic heterocycles. The molecule has 1 atom stereocenters. The molecule has 1 aromatic rings. The number of hydrogen-bond acceptors (Lipinski definition) is 5. The van der Waals surface area contributed by atoms with Crippen molar-refractivity contribution in [3.63, 3.8) is 0 Å². The van der Waals surface area contributed by atoms with E-state index >= 15 is 0 Å². The molecular formula is C14H19N3O3. The maximum absolute atomic E-state index is 12.3. The van der Waals surface area contributed by atoms with E-state index in [1.165, 1.54) is 0 Å². The zero-order valence-corrected chi connectivity index (χ0v) is 11.3. The molecule has 108 valence electrons. The summed E-state index contributed by atoms with van der Waals surface area (Å²) in [6.07, 6.45) is 4.62. The number of piperidine rings is 1. The fourth-order valence-corrected chi connectivity index (χ4v) is 2.72. The molecule has 20 heavy (non-hydrogen) atoms. The SMILES string of the molecule is NCC1COC2(CCN(C(=O)c3cccnc3)CC2)O1. The Kier molecular flexibility index (Phi) is 3.69. The lowest BCUT2D eigenvalue weighted by Gasteiger charge is -2.37. The molecule has 2 saturated heterocycles. The number of aromatic nitrogens is 1. The third kappa shape index (κ3) is 2.54. The summed E-state index contributed by atoms with van der Waals surface area (Å²) < 4.78 is 11.6. The van der Waals surface area contributed by atoms with E-state index in [0.29, 0.717) is 44.6 Å². The molecule has 6 nitrogen and oxygen atoms in total. The Balaban J connectivity index is 1.60. The smallest absolute Gasteiger partial charge is 0.255 e. The lowest BCUT2D eigenvalue weighted by molar-refractivity contribution is -0.190. The second-order valence-electron chi connectivity index (χ2n) is 5.23. The predicted octanol–water partition coefficient (Wildman–Crippen LogP) is 0.388. The van der Waals surface area contributed by atoms with Crippen LogP contribution in [-0.4, -0.2) is 53.9 Å². The van der Waals surface area contributed by atoms with Crippen molar-refractivity contribution in [2.24, 2.45) is 5.73 Å². The Hall–Kier alpha value is -1.50. The number of amides is 1. The molecule has 1 unspecified atom stereocenters. The number of carbonyl (C=O) groups is 1. The van der Waals surface area contributed by atoms with Crippen molar-refractivity contribution in [3.8, 4) is 0 Å². The lowest BCUT2D eigenvalue weighted by Crippen LogP contribution is -2.47. The van der Waals surface area contributed by atoms with Gasteiger partial charge in [-0.05, 0) is 12.1 Å². The minimum Gasteiger partial charge on any atom is -0.347 e. The molecule has 3 rings (SSSR count). The second-order valence-corrected chi connectivity index (χ2v) is 5.23. The van der Waals surface area contributed by atoms with Crippen LogP contribution in [0.5, 0.6) is 0 Å². The number of ether oxygens (including phenoxy) is 2. The van der Waals surface area contributed by atoms with Crippen molar-refractivity contribution in [2.45, 2.75) is 24.7 Å². The van der Waals surface area contributed by atoms with Crippen molar-refractivity contribution >= 4 is 5.91 Å². The Morgan fingerprint density at radius 2 is 2.30 bits per heavy atom. The van der Waals surface area contributed by atoms with Crippen LogP contribution >= 0.6 is 0 Å². The van der Waals surface area contributed by atoms with E-state index in [9.17, 15) is 4.79 Å². The number of nitrogens with two attached hydrogens (primary N) is 1. The van der Waals surface area contributed by atoms with Crippen LogP contribution in [0.1, 0.15) is 23.2 Å². The Morgan fingerprint density at radius 1 is 1.50 bits per heavy atom. The summed E-state index contributed by atoms with van der Waals surface area (Å²) in [5.41, 5.74) is 6.22. The van der Waals surface area contributed by atoms with Crippen LogP contribution in [0.4, 0.5) is 0 Å². The van der Waals surface area contributed by atoms with Gasteiger partial charge in [-0.15, -0.1) is 0 Å². The van der Waals surface area contributed by atoms with Gasteiger partial charge in [0, 0.05) is 44.9 Å². The van der Waals surface area contributed by atoms with Crippen molar-refractivity contribution in [2.75, 3.05) is 26.2 Å². The first-order chi connectivity index (χ1) is 9.72. The van der Waals surface area contributed by atoms with E-state index in [4.69, 9.17) is 15.2 Å². The average molecular weight is 277 g/mol. The van der Waals surface area contributed by atoms with Gasteiger partial charge in [0.1, 0.15) is 0 Å². The molecule has 0 bridgehead atoms. The van der Waals surface area contributed by atoms with Gasteiger partial charge in [-0.3, -0.25) is 9.78 Å². The van der Waals surface area contributed by atoms with Gasteiger partial charge in [0.15, 0.2) is 5.79 Å². The van der Waals surface area contributed by atoms with Gasteiger partial charge in [0.05, 0.1) is 18.3 Å². The molecule has 0 radical (unpaired) electrons. The molecule has 1 spiro atoms. The van der Waals surface area contributed by atoms with Gasteiger partial charge < -0.3 is 20.1 Å². The Labute approximate surface area is 117 Å². The van der Waals surface area contributed by atoms with Gasteiger partial charge in [-0.2, -0.15) is 0 Å². The standard InChI is InChI=1S/C14H19N3O3/c15-8-12-10-19-14(20-12)3-6-17(7-4-14)13(18)11-2-1-5-16-9-11/h1-2,5,9,12H,3-4,6-8,10,15H2. The predicted molar refractivity (Wildman–Crippen MR) is 72.0 cm³/mol. The van der Waals surface area contributed by atoms with Crippen LogP contribution in [-0.2, 0) is 9.47 Å². The number of nitrogens with zero attached hydrogens (tertiary/aromatic N) is 2. The van der Waals surface area contributed by atoms with Crippen LogP contribution < -0.4 is 5.73 Å². The monoisotopic (exact) mass is 277 g/mol. The Bertz CT molecular complexity index is 472. The molecule has 2 N–H and O–H groups in total.